The molecule has 0 spiro atoms. The number of carbonyl (C=O) groups excluding carboxylic acids is 1. The van der Waals surface area contributed by atoms with Crippen molar-refractivity contribution in [3.8, 4) is 11.4 Å². The maximum atomic E-state index is 13.6. The quantitative estimate of drug-likeness (QED) is 0.250. The molecule has 0 unspecified atom stereocenters. The van der Waals surface area contributed by atoms with Crippen LogP contribution in [0.25, 0.3) is 5.69 Å². The molecule has 3 aromatic carbocycles. The van der Waals surface area contributed by atoms with Crippen LogP contribution in [-0.4, -0.2) is 38.8 Å². The van der Waals surface area contributed by atoms with Crippen LogP contribution in [0.15, 0.2) is 94.9 Å². The highest BCUT2D eigenvalue weighted by Crippen LogP contribution is 2.33. The number of rotatable bonds is 9. The third-order valence-corrected chi connectivity index (χ3v) is 7.87. The number of nitrogens with zero attached hydrogens (tertiary/aromatic N) is 3. The third-order valence-electron chi connectivity index (χ3n) is 6.10. The summed E-state index contributed by atoms with van der Waals surface area (Å²) in [5.74, 6) is -0.263. The van der Waals surface area contributed by atoms with E-state index in [2.05, 4.69) is 15.1 Å². The predicted molar refractivity (Wildman–Crippen MR) is 150 cm³/mol. The van der Waals surface area contributed by atoms with Crippen molar-refractivity contribution in [2.75, 3.05) is 18.0 Å². The molecule has 0 saturated carbocycles. The summed E-state index contributed by atoms with van der Waals surface area (Å²) in [7, 11) is -2.62. The first kappa shape index (κ1) is 26.7. The Bertz CT molecular complexity index is 1560. The summed E-state index contributed by atoms with van der Waals surface area (Å²) in [6, 6.07) is 25.1. The van der Waals surface area contributed by atoms with Gasteiger partial charge in [-0.2, -0.15) is 5.10 Å². The van der Waals surface area contributed by atoms with Crippen molar-refractivity contribution in [1.29, 1.82) is 0 Å². The standard InChI is InChI=1S/C29H30N4O4S/c1-21-15-16-28(37-4)27(17-21)32(38(35,36)26-13-9-6-10-14-26)20-29(34)31-30-19-24-18-22(2)33(23(24)3)25-11-7-5-8-12-25/h5-19H,20H2,1-4H3,(H,31,34)/b30-19-. The average Bonchev–Trinajstić information content (AvgIpc) is 3.20. The van der Waals surface area contributed by atoms with E-state index in [1.807, 2.05) is 63.2 Å². The molecule has 0 atom stereocenters. The second-order valence-corrected chi connectivity index (χ2v) is 10.7. The van der Waals surface area contributed by atoms with Crippen molar-refractivity contribution in [3.63, 3.8) is 0 Å². The van der Waals surface area contributed by atoms with Gasteiger partial charge in [-0.25, -0.2) is 13.8 Å². The van der Waals surface area contributed by atoms with Gasteiger partial charge in [0, 0.05) is 22.6 Å². The van der Waals surface area contributed by atoms with Crippen molar-refractivity contribution in [2.24, 2.45) is 5.10 Å². The summed E-state index contributed by atoms with van der Waals surface area (Å²) >= 11 is 0. The van der Waals surface area contributed by atoms with Crippen LogP contribution < -0.4 is 14.5 Å². The lowest BCUT2D eigenvalue weighted by Gasteiger charge is -2.25. The van der Waals surface area contributed by atoms with Gasteiger partial charge in [0.15, 0.2) is 0 Å². The molecule has 1 N–H and O–H groups in total. The molecular formula is C29H30N4O4S. The Morgan fingerprint density at radius 1 is 0.974 bits per heavy atom. The van der Waals surface area contributed by atoms with Crippen molar-refractivity contribution >= 4 is 27.8 Å². The highest BCUT2D eigenvalue weighted by Gasteiger charge is 2.29. The van der Waals surface area contributed by atoms with E-state index in [0.29, 0.717) is 5.75 Å². The Morgan fingerprint density at radius 2 is 1.63 bits per heavy atom. The fourth-order valence-electron chi connectivity index (χ4n) is 4.25. The van der Waals surface area contributed by atoms with Crippen molar-refractivity contribution < 1.29 is 17.9 Å². The van der Waals surface area contributed by atoms with E-state index in [0.717, 1.165) is 32.5 Å². The van der Waals surface area contributed by atoms with Crippen LogP contribution >= 0.6 is 0 Å². The van der Waals surface area contributed by atoms with Crippen LogP contribution in [-0.2, 0) is 14.8 Å². The van der Waals surface area contributed by atoms with E-state index in [4.69, 9.17) is 4.74 Å². The lowest BCUT2D eigenvalue weighted by Crippen LogP contribution is -2.39. The molecule has 196 valence electrons. The van der Waals surface area contributed by atoms with Crippen LogP contribution in [0.5, 0.6) is 5.75 Å². The molecule has 38 heavy (non-hydrogen) atoms. The monoisotopic (exact) mass is 530 g/mol. The lowest BCUT2D eigenvalue weighted by molar-refractivity contribution is -0.119. The Morgan fingerprint density at radius 3 is 2.29 bits per heavy atom. The van der Waals surface area contributed by atoms with Crippen LogP contribution in [0.2, 0.25) is 0 Å². The molecule has 1 heterocycles. The molecule has 0 bridgehead atoms. The number of anilines is 1. The molecule has 0 aliphatic rings. The summed E-state index contributed by atoms with van der Waals surface area (Å²) < 4.78 is 35.8. The minimum atomic E-state index is -4.08. The molecule has 0 radical (unpaired) electrons. The number of sulfonamides is 1. The molecule has 4 rings (SSSR count). The molecule has 0 fully saturated rings. The van der Waals surface area contributed by atoms with Gasteiger partial charge < -0.3 is 9.30 Å². The number of nitrogens with one attached hydrogen (secondary N) is 1. The molecule has 0 aliphatic carbocycles. The number of methoxy groups -OCH3 is 1. The summed E-state index contributed by atoms with van der Waals surface area (Å²) in [6.45, 7) is 5.32. The van der Waals surface area contributed by atoms with Crippen molar-refractivity contribution in [1.82, 2.24) is 9.99 Å². The average molecular weight is 531 g/mol. The number of hydrogen-bond donors (Lipinski definition) is 1. The van der Waals surface area contributed by atoms with Gasteiger partial charge in [-0.1, -0.05) is 42.5 Å². The van der Waals surface area contributed by atoms with Crippen LogP contribution in [0.3, 0.4) is 0 Å². The molecule has 1 amide bonds. The van der Waals surface area contributed by atoms with Gasteiger partial charge in [-0.3, -0.25) is 9.10 Å². The first-order valence-electron chi connectivity index (χ1n) is 12.0. The summed E-state index contributed by atoms with van der Waals surface area (Å²) in [5, 5.41) is 4.12. The Hall–Kier alpha value is -4.37. The van der Waals surface area contributed by atoms with Crippen LogP contribution in [0, 0.1) is 20.8 Å². The number of aromatic nitrogens is 1. The smallest absolute Gasteiger partial charge is 0.264 e. The van der Waals surface area contributed by atoms with Crippen LogP contribution in [0.4, 0.5) is 5.69 Å². The second kappa shape index (κ2) is 11.4. The third kappa shape index (κ3) is 5.63. The number of ether oxygens (including phenoxy) is 1. The molecular weight excluding hydrogens is 500 g/mol. The fourth-order valence-corrected chi connectivity index (χ4v) is 5.69. The summed E-state index contributed by atoms with van der Waals surface area (Å²) in [4.78, 5) is 13.0. The highest BCUT2D eigenvalue weighted by atomic mass is 32.2. The largest absolute Gasteiger partial charge is 0.495 e. The number of hydrazone groups is 1. The number of benzene rings is 3. The van der Waals surface area contributed by atoms with Crippen LogP contribution in [0.1, 0.15) is 22.5 Å². The van der Waals surface area contributed by atoms with E-state index in [9.17, 15) is 13.2 Å². The normalized spacial score (nSPS) is 11.5. The summed E-state index contributed by atoms with van der Waals surface area (Å²) in [6.07, 6.45) is 1.56. The first-order valence-corrected chi connectivity index (χ1v) is 13.4. The number of amides is 1. The SMILES string of the molecule is COc1ccc(C)cc1N(CC(=O)N/N=C\c1cc(C)n(-c2ccccc2)c1C)S(=O)(=O)c1ccccc1. The van der Waals surface area contributed by atoms with E-state index < -0.39 is 22.5 Å². The van der Waals surface area contributed by atoms with Gasteiger partial charge in [-0.05, 0) is 68.8 Å². The number of carbonyl (C=O) groups is 1. The molecule has 8 nitrogen and oxygen atoms in total. The van der Waals surface area contributed by atoms with Crippen molar-refractivity contribution in [2.45, 2.75) is 25.7 Å². The second-order valence-electron chi connectivity index (χ2n) is 8.79. The fraction of sp³-hybridized carbons (Fsp3) is 0.172. The summed E-state index contributed by atoms with van der Waals surface area (Å²) in [5.41, 5.74) is 7.41. The van der Waals surface area contributed by atoms with E-state index >= 15 is 0 Å². The van der Waals surface area contributed by atoms with Gasteiger partial charge >= 0.3 is 0 Å². The highest BCUT2D eigenvalue weighted by molar-refractivity contribution is 7.92. The van der Waals surface area contributed by atoms with Gasteiger partial charge in [-0.15, -0.1) is 0 Å². The molecule has 9 heteroatoms. The zero-order valence-corrected chi connectivity index (χ0v) is 22.6. The minimum Gasteiger partial charge on any atom is -0.495 e. The Kier molecular flexibility index (Phi) is 7.97. The van der Waals surface area contributed by atoms with E-state index in [1.165, 1.54) is 19.2 Å². The maximum absolute atomic E-state index is 13.6. The van der Waals surface area contributed by atoms with Gasteiger partial charge in [0.2, 0.25) is 0 Å². The predicted octanol–water partition coefficient (Wildman–Crippen LogP) is 4.76. The van der Waals surface area contributed by atoms with Gasteiger partial charge in [0.1, 0.15) is 12.3 Å². The zero-order chi connectivity index (χ0) is 27.3. The molecule has 0 saturated heterocycles. The zero-order valence-electron chi connectivity index (χ0n) is 21.8. The Balaban J connectivity index is 1.59. The number of hydrogen-bond acceptors (Lipinski definition) is 5. The Labute approximate surface area is 223 Å². The maximum Gasteiger partial charge on any atom is 0.264 e. The number of aryl methyl sites for hydroxylation is 2. The molecule has 4 aromatic rings. The lowest BCUT2D eigenvalue weighted by atomic mass is 10.2. The van der Waals surface area contributed by atoms with E-state index in [1.54, 1.807) is 36.5 Å². The molecule has 0 aliphatic heterocycles. The van der Waals surface area contributed by atoms with Gasteiger partial charge in [0.25, 0.3) is 15.9 Å². The number of para-hydroxylation sites is 1. The minimum absolute atomic E-state index is 0.0632. The van der Waals surface area contributed by atoms with Gasteiger partial charge in [0.05, 0.1) is 23.9 Å². The molecule has 1 aromatic heterocycles. The van der Waals surface area contributed by atoms with E-state index in [-0.39, 0.29) is 10.6 Å². The first-order chi connectivity index (χ1) is 18.2. The topological polar surface area (TPSA) is 93.0 Å². The van der Waals surface area contributed by atoms with Crippen molar-refractivity contribution in [3.05, 3.63) is 107 Å².